The van der Waals surface area contributed by atoms with Gasteiger partial charge in [0.2, 0.25) is 5.82 Å². The van der Waals surface area contributed by atoms with E-state index in [9.17, 15) is 5.11 Å². The number of benzene rings is 1. The lowest BCUT2D eigenvalue weighted by atomic mass is 10.1. The first-order chi connectivity index (χ1) is 13.8. The summed E-state index contributed by atoms with van der Waals surface area (Å²) in [5.74, 6) is 7.55. The average molecular weight is 393 g/mol. The Bertz CT molecular complexity index is 1040. The van der Waals surface area contributed by atoms with Gasteiger partial charge in [0.25, 0.3) is 0 Å². The lowest BCUT2D eigenvalue weighted by Gasteiger charge is -2.12. The molecule has 0 saturated carbocycles. The zero-order valence-electron chi connectivity index (χ0n) is 17.5. The molecule has 1 aromatic carbocycles. The van der Waals surface area contributed by atoms with E-state index < -0.39 is 5.60 Å². The molecule has 3 rings (SSSR count). The van der Waals surface area contributed by atoms with Crippen molar-refractivity contribution in [3.05, 3.63) is 42.0 Å². The Morgan fingerprint density at radius 2 is 1.97 bits per heavy atom. The second-order valence-corrected chi connectivity index (χ2v) is 7.39. The number of ether oxygens (including phenoxy) is 1. The summed E-state index contributed by atoms with van der Waals surface area (Å²) < 4.78 is 7.19. The predicted octanol–water partition coefficient (Wildman–Crippen LogP) is 3.54. The summed E-state index contributed by atoms with van der Waals surface area (Å²) in [6, 6.07) is 8.03. The molecule has 0 aliphatic rings. The third kappa shape index (κ3) is 4.84. The van der Waals surface area contributed by atoms with Crippen LogP contribution in [0.5, 0.6) is 5.75 Å². The molecule has 29 heavy (non-hydrogen) atoms. The van der Waals surface area contributed by atoms with Gasteiger partial charge in [-0.25, -0.2) is 15.0 Å². The standard InChI is InChI=1S/C22H27N5O2/c1-6-22(4,28)12-11-18-25-20(19-21(26-18)27(14-24-19)15(2)3)23-13-16-7-9-17(29-5)10-8-16/h7-10,14-15,28H,6,13H2,1-5H3,(H,23,25,26)/t22-/m1/s1. The molecule has 0 spiro atoms. The molecule has 1 atom stereocenters. The zero-order chi connectivity index (χ0) is 21.0. The van der Waals surface area contributed by atoms with Crippen LogP contribution in [-0.4, -0.2) is 37.3 Å². The molecular formula is C22H27N5O2. The number of aliphatic hydroxyl groups is 1. The summed E-state index contributed by atoms with van der Waals surface area (Å²) in [5.41, 5.74) is 1.42. The molecule has 2 aromatic heterocycles. The van der Waals surface area contributed by atoms with Crippen LogP contribution in [0.4, 0.5) is 5.82 Å². The third-order valence-corrected chi connectivity index (χ3v) is 4.73. The number of methoxy groups -OCH3 is 1. The van der Waals surface area contributed by atoms with Crippen LogP contribution in [0, 0.1) is 11.8 Å². The molecule has 2 heterocycles. The zero-order valence-corrected chi connectivity index (χ0v) is 17.5. The van der Waals surface area contributed by atoms with E-state index in [0.717, 1.165) is 11.3 Å². The van der Waals surface area contributed by atoms with Gasteiger partial charge in [-0.1, -0.05) is 25.0 Å². The van der Waals surface area contributed by atoms with Gasteiger partial charge in [0.05, 0.1) is 13.4 Å². The molecule has 0 bridgehead atoms. The number of hydrogen-bond acceptors (Lipinski definition) is 6. The molecule has 0 saturated heterocycles. The van der Waals surface area contributed by atoms with Crippen LogP contribution in [0.1, 0.15) is 51.5 Å². The number of anilines is 1. The van der Waals surface area contributed by atoms with Gasteiger partial charge in [-0.15, -0.1) is 0 Å². The molecule has 0 aliphatic heterocycles. The van der Waals surface area contributed by atoms with Crippen molar-refractivity contribution in [2.75, 3.05) is 12.4 Å². The second-order valence-electron chi connectivity index (χ2n) is 7.39. The number of rotatable bonds is 6. The first-order valence-electron chi connectivity index (χ1n) is 9.70. The van der Waals surface area contributed by atoms with E-state index in [1.54, 1.807) is 20.4 Å². The van der Waals surface area contributed by atoms with Crippen LogP contribution in [0.25, 0.3) is 11.2 Å². The van der Waals surface area contributed by atoms with E-state index in [-0.39, 0.29) is 6.04 Å². The number of fused-ring (bicyclic) bond motifs is 1. The van der Waals surface area contributed by atoms with Crippen LogP contribution >= 0.6 is 0 Å². The van der Waals surface area contributed by atoms with E-state index in [2.05, 4.69) is 46.0 Å². The second kappa shape index (κ2) is 8.50. The Kier molecular flexibility index (Phi) is 6.04. The molecule has 0 radical (unpaired) electrons. The molecule has 7 nitrogen and oxygen atoms in total. The van der Waals surface area contributed by atoms with Crippen LogP contribution in [0.3, 0.4) is 0 Å². The van der Waals surface area contributed by atoms with Gasteiger partial charge in [0.1, 0.15) is 11.4 Å². The predicted molar refractivity (Wildman–Crippen MR) is 114 cm³/mol. The Balaban J connectivity index is 1.97. The van der Waals surface area contributed by atoms with Crippen molar-refractivity contribution in [1.29, 1.82) is 0 Å². The van der Waals surface area contributed by atoms with Gasteiger partial charge in [-0.05, 0) is 50.8 Å². The minimum Gasteiger partial charge on any atom is -0.497 e. The molecular weight excluding hydrogens is 366 g/mol. The van der Waals surface area contributed by atoms with Gasteiger partial charge < -0.3 is 19.7 Å². The Morgan fingerprint density at radius 1 is 1.24 bits per heavy atom. The highest BCUT2D eigenvalue weighted by Gasteiger charge is 2.16. The van der Waals surface area contributed by atoms with Crippen molar-refractivity contribution in [3.63, 3.8) is 0 Å². The summed E-state index contributed by atoms with van der Waals surface area (Å²) in [5, 5.41) is 13.5. The first-order valence-corrected chi connectivity index (χ1v) is 9.70. The molecule has 7 heteroatoms. The number of nitrogens with zero attached hydrogens (tertiary/aromatic N) is 4. The lowest BCUT2D eigenvalue weighted by molar-refractivity contribution is 0.118. The van der Waals surface area contributed by atoms with Gasteiger partial charge in [-0.2, -0.15) is 0 Å². The van der Waals surface area contributed by atoms with Crippen molar-refractivity contribution < 1.29 is 9.84 Å². The molecule has 0 aliphatic carbocycles. The van der Waals surface area contributed by atoms with Crippen LogP contribution in [0.2, 0.25) is 0 Å². The minimum absolute atomic E-state index is 0.198. The van der Waals surface area contributed by atoms with Crippen molar-refractivity contribution in [3.8, 4) is 17.6 Å². The molecule has 0 unspecified atom stereocenters. The van der Waals surface area contributed by atoms with Gasteiger partial charge in [0.15, 0.2) is 17.0 Å². The summed E-state index contributed by atoms with van der Waals surface area (Å²) in [4.78, 5) is 13.6. The van der Waals surface area contributed by atoms with Crippen molar-refractivity contribution >= 4 is 17.0 Å². The molecule has 0 amide bonds. The normalized spacial score (nSPS) is 13.1. The molecule has 3 aromatic rings. The fourth-order valence-corrected chi connectivity index (χ4v) is 2.68. The summed E-state index contributed by atoms with van der Waals surface area (Å²) in [7, 11) is 1.65. The monoisotopic (exact) mass is 393 g/mol. The van der Waals surface area contributed by atoms with E-state index in [0.29, 0.717) is 35.8 Å². The molecule has 2 N–H and O–H groups in total. The van der Waals surface area contributed by atoms with E-state index in [1.807, 2.05) is 35.8 Å². The number of imidazole rings is 1. The van der Waals surface area contributed by atoms with E-state index in [1.165, 1.54) is 0 Å². The number of aromatic nitrogens is 4. The van der Waals surface area contributed by atoms with Gasteiger partial charge in [-0.3, -0.25) is 0 Å². The van der Waals surface area contributed by atoms with Crippen LogP contribution < -0.4 is 10.1 Å². The van der Waals surface area contributed by atoms with Crippen molar-refractivity contribution in [2.24, 2.45) is 0 Å². The van der Waals surface area contributed by atoms with Crippen molar-refractivity contribution in [1.82, 2.24) is 19.5 Å². The SMILES string of the molecule is CC[C@@](C)(O)C#Cc1nc(NCc2ccc(OC)cc2)c2ncn(C(C)C)c2n1. The summed E-state index contributed by atoms with van der Waals surface area (Å²) >= 11 is 0. The average Bonchev–Trinajstić information content (AvgIpc) is 3.15. The molecule has 0 fully saturated rings. The maximum Gasteiger partial charge on any atom is 0.209 e. The van der Waals surface area contributed by atoms with Crippen LogP contribution in [-0.2, 0) is 6.54 Å². The number of hydrogen-bond donors (Lipinski definition) is 2. The smallest absolute Gasteiger partial charge is 0.209 e. The Labute approximate surface area is 171 Å². The topological polar surface area (TPSA) is 85.1 Å². The number of nitrogens with one attached hydrogen (secondary N) is 1. The summed E-state index contributed by atoms with van der Waals surface area (Å²) in [6.07, 6.45) is 2.29. The largest absolute Gasteiger partial charge is 0.497 e. The lowest BCUT2D eigenvalue weighted by Crippen LogP contribution is -2.19. The van der Waals surface area contributed by atoms with E-state index in [4.69, 9.17) is 4.74 Å². The highest BCUT2D eigenvalue weighted by Crippen LogP contribution is 2.22. The highest BCUT2D eigenvalue weighted by atomic mass is 16.5. The quantitative estimate of drug-likeness (QED) is 0.623. The summed E-state index contributed by atoms with van der Waals surface area (Å²) in [6.45, 7) is 8.28. The highest BCUT2D eigenvalue weighted by molar-refractivity contribution is 5.83. The Hall–Kier alpha value is -3.11. The maximum absolute atomic E-state index is 10.2. The third-order valence-electron chi connectivity index (χ3n) is 4.73. The van der Waals surface area contributed by atoms with Gasteiger partial charge >= 0.3 is 0 Å². The van der Waals surface area contributed by atoms with Gasteiger partial charge in [0, 0.05) is 12.6 Å². The molecule has 152 valence electrons. The van der Waals surface area contributed by atoms with Crippen LogP contribution in [0.15, 0.2) is 30.6 Å². The fraction of sp³-hybridized carbons (Fsp3) is 0.409. The first kappa shape index (κ1) is 20.6. The minimum atomic E-state index is -1.08. The Morgan fingerprint density at radius 3 is 2.59 bits per heavy atom. The van der Waals surface area contributed by atoms with E-state index >= 15 is 0 Å². The van der Waals surface area contributed by atoms with Crippen molar-refractivity contribution in [2.45, 2.75) is 52.3 Å². The maximum atomic E-state index is 10.2. The fourth-order valence-electron chi connectivity index (χ4n) is 2.68.